The first kappa shape index (κ1) is 14.3. The SMILES string of the molecule is CC(C)n1ccnc(Nc2ccc(CCN)cc2)c1=O. The molecule has 0 radical (unpaired) electrons. The lowest BCUT2D eigenvalue weighted by Gasteiger charge is -2.11. The van der Waals surface area contributed by atoms with Crippen molar-refractivity contribution >= 4 is 11.5 Å². The highest BCUT2D eigenvalue weighted by molar-refractivity contribution is 5.55. The van der Waals surface area contributed by atoms with Crippen molar-refractivity contribution in [3.05, 3.63) is 52.6 Å². The quantitative estimate of drug-likeness (QED) is 0.874. The average molecular weight is 272 g/mol. The molecule has 0 aliphatic rings. The summed E-state index contributed by atoms with van der Waals surface area (Å²) in [5.74, 6) is 0.341. The fraction of sp³-hybridized carbons (Fsp3) is 0.333. The topological polar surface area (TPSA) is 72.9 Å². The first-order valence-electron chi connectivity index (χ1n) is 6.75. The second-order valence-electron chi connectivity index (χ2n) is 4.94. The molecule has 0 bridgehead atoms. The molecule has 1 aromatic carbocycles. The summed E-state index contributed by atoms with van der Waals surface area (Å²) in [4.78, 5) is 16.3. The molecule has 0 saturated heterocycles. The Morgan fingerprint density at radius 3 is 2.60 bits per heavy atom. The van der Waals surface area contributed by atoms with Crippen LogP contribution in [0.3, 0.4) is 0 Å². The van der Waals surface area contributed by atoms with Gasteiger partial charge in [0.1, 0.15) is 0 Å². The molecular weight excluding hydrogens is 252 g/mol. The lowest BCUT2D eigenvalue weighted by atomic mass is 10.1. The van der Waals surface area contributed by atoms with Gasteiger partial charge in [0.05, 0.1) is 0 Å². The Morgan fingerprint density at radius 1 is 1.30 bits per heavy atom. The number of nitrogens with two attached hydrogens (primary N) is 1. The van der Waals surface area contributed by atoms with Gasteiger partial charge < -0.3 is 15.6 Å². The van der Waals surface area contributed by atoms with E-state index in [1.54, 1.807) is 17.0 Å². The maximum atomic E-state index is 12.2. The van der Waals surface area contributed by atoms with E-state index in [1.807, 2.05) is 38.1 Å². The first-order valence-corrected chi connectivity index (χ1v) is 6.75. The van der Waals surface area contributed by atoms with Crippen molar-refractivity contribution in [1.29, 1.82) is 0 Å². The Morgan fingerprint density at radius 2 is 2.00 bits per heavy atom. The van der Waals surface area contributed by atoms with E-state index in [1.165, 1.54) is 5.56 Å². The van der Waals surface area contributed by atoms with Gasteiger partial charge in [0.15, 0.2) is 5.82 Å². The lowest BCUT2D eigenvalue weighted by molar-refractivity contribution is 0.576. The van der Waals surface area contributed by atoms with Crippen LogP contribution in [-0.4, -0.2) is 16.1 Å². The minimum Gasteiger partial charge on any atom is -0.336 e. The molecule has 1 heterocycles. The van der Waals surface area contributed by atoms with Gasteiger partial charge in [0, 0.05) is 24.1 Å². The average Bonchev–Trinajstić information content (AvgIpc) is 2.43. The predicted molar refractivity (Wildman–Crippen MR) is 81.4 cm³/mol. The molecule has 2 rings (SSSR count). The summed E-state index contributed by atoms with van der Waals surface area (Å²) in [6, 6.07) is 7.97. The van der Waals surface area contributed by atoms with Crippen molar-refractivity contribution in [2.24, 2.45) is 5.73 Å². The van der Waals surface area contributed by atoms with Gasteiger partial charge in [-0.3, -0.25) is 4.79 Å². The van der Waals surface area contributed by atoms with Crippen molar-refractivity contribution < 1.29 is 0 Å². The minimum absolute atomic E-state index is 0.109. The molecule has 0 fully saturated rings. The highest BCUT2D eigenvalue weighted by Gasteiger charge is 2.07. The van der Waals surface area contributed by atoms with Gasteiger partial charge in [-0.05, 0) is 44.5 Å². The second kappa shape index (κ2) is 6.34. The Balaban J connectivity index is 2.22. The van der Waals surface area contributed by atoms with Crippen LogP contribution in [0.15, 0.2) is 41.5 Å². The number of rotatable bonds is 5. The zero-order valence-electron chi connectivity index (χ0n) is 11.8. The summed E-state index contributed by atoms with van der Waals surface area (Å²) in [5.41, 5.74) is 7.42. The third-order valence-electron chi connectivity index (χ3n) is 3.07. The van der Waals surface area contributed by atoms with Gasteiger partial charge in [0.25, 0.3) is 5.56 Å². The molecule has 2 aromatic rings. The Kier molecular flexibility index (Phi) is 4.53. The lowest BCUT2D eigenvalue weighted by Crippen LogP contribution is -2.24. The van der Waals surface area contributed by atoms with E-state index in [9.17, 15) is 4.79 Å². The smallest absolute Gasteiger partial charge is 0.293 e. The van der Waals surface area contributed by atoms with Crippen LogP contribution >= 0.6 is 0 Å². The van der Waals surface area contributed by atoms with Gasteiger partial charge in [-0.25, -0.2) is 4.98 Å². The van der Waals surface area contributed by atoms with Gasteiger partial charge in [-0.2, -0.15) is 0 Å². The van der Waals surface area contributed by atoms with Crippen LogP contribution in [0.2, 0.25) is 0 Å². The van der Waals surface area contributed by atoms with Crippen LogP contribution in [0.4, 0.5) is 11.5 Å². The molecule has 1 aromatic heterocycles. The molecule has 3 N–H and O–H groups in total. The molecule has 0 atom stereocenters. The number of anilines is 2. The maximum absolute atomic E-state index is 12.2. The summed E-state index contributed by atoms with van der Waals surface area (Å²) >= 11 is 0. The first-order chi connectivity index (χ1) is 9.61. The third-order valence-corrected chi connectivity index (χ3v) is 3.07. The third kappa shape index (κ3) is 3.24. The standard InChI is InChI=1S/C15H20N4O/c1-11(2)19-10-9-17-14(15(19)20)18-13-5-3-12(4-6-13)7-8-16/h3-6,9-11H,7-8,16H2,1-2H3,(H,17,18). The summed E-state index contributed by atoms with van der Waals surface area (Å²) < 4.78 is 1.65. The molecular formula is C15H20N4O. The van der Waals surface area contributed by atoms with E-state index >= 15 is 0 Å². The van der Waals surface area contributed by atoms with E-state index in [4.69, 9.17) is 5.73 Å². The van der Waals surface area contributed by atoms with Crippen LogP contribution in [-0.2, 0) is 6.42 Å². The maximum Gasteiger partial charge on any atom is 0.293 e. The highest BCUT2D eigenvalue weighted by atomic mass is 16.1. The van der Waals surface area contributed by atoms with Crippen LogP contribution in [0, 0.1) is 0 Å². The molecule has 5 heteroatoms. The normalized spacial score (nSPS) is 10.8. The number of hydrogen-bond acceptors (Lipinski definition) is 4. The van der Waals surface area contributed by atoms with E-state index in [0.717, 1.165) is 12.1 Å². The summed E-state index contributed by atoms with van der Waals surface area (Å²) in [6.45, 7) is 4.56. The number of aromatic nitrogens is 2. The van der Waals surface area contributed by atoms with Crippen LogP contribution < -0.4 is 16.6 Å². The molecule has 0 spiro atoms. The van der Waals surface area contributed by atoms with Gasteiger partial charge in [-0.15, -0.1) is 0 Å². The molecule has 106 valence electrons. The highest BCUT2D eigenvalue weighted by Crippen LogP contribution is 2.13. The largest absolute Gasteiger partial charge is 0.336 e. The van der Waals surface area contributed by atoms with Crippen molar-refractivity contribution in [2.75, 3.05) is 11.9 Å². The van der Waals surface area contributed by atoms with E-state index in [2.05, 4.69) is 10.3 Å². The molecule has 0 aliphatic heterocycles. The van der Waals surface area contributed by atoms with Gasteiger partial charge in [0.2, 0.25) is 0 Å². The zero-order valence-corrected chi connectivity index (χ0v) is 11.8. The van der Waals surface area contributed by atoms with E-state index in [-0.39, 0.29) is 11.6 Å². The van der Waals surface area contributed by atoms with Crippen molar-refractivity contribution in [3.8, 4) is 0 Å². The van der Waals surface area contributed by atoms with E-state index in [0.29, 0.717) is 12.4 Å². The fourth-order valence-corrected chi connectivity index (χ4v) is 1.98. The summed E-state index contributed by atoms with van der Waals surface area (Å²) in [7, 11) is 0. The summed E-state index contributed by atoms with van der Waals surface area (Å²) in [5, 5.41) is 3.06. The molecule has 0 amide bonds. The van der Waals surface area contributed by atoms with Crippen molar-refractivity contribution in [2.45, 2.75) is 26.3 Å². The molecule has 0 aliphatic carbocycles. The Hall–Kier alpha value is -2.14. The fourth-order valence-electron chi connectivity index (χ4n) is 1.98. The van der Waals surface area contributed by atoms with Crippen molar-refractivity contribution in [3.63, 3.8) is 0 Å². The zero-order chi connectivity index (χ0) is 14.5. The van der Waals surface area contributed by atoms with Gasteiger partial charge in [-0.1, -0.05) is 12.1 Å². The number of nitrogens with one attached hydrogen (secondary N) is 1. The number of benzene rings is 1. The number of hydrogen-bond donors (Lipinski definition) is 2. The van der Waals surface area contributed by atoms with Gasteiger partial charge >= 0.3 is 0 Å². The molecule has 20 heavy (non-hydrogen) atoms. The predicted octanol–water partition coefficient (Wildman–Crippen LogP) is 2.07. The molecule has 5 nitrogen and oxygen atoms in total. The summed E-state index contributed by atoms with van der Waals surface area (Å²) in [6.07, 6.45) is 4.18. The van der Waals surface area contributed by atoms with Crippen LogP contribution in [0.1, 0.15) is 25.5 Å². The minimum atomic E-state index is -0.117. The monoisotopic (exact) mass is 272 g/mol. The molecule has 0 unspecified atom stereocenters. The second-order valence-corrected chi connectivity index (χ2v) is 4.94. The van der Waals surface area contributed by atoms with Crippen LogP contribution in [0.25, 0.3) is 0 Å². The van der Waals surface area contributed by atoms with Crippen LogP contribution in [0.5, 0.6) is 0 Å². The Bertz CT molecular complexity index is 617. The van der Waals surface area contributed by atoms with Crippen molar-refractivity contribution in [1.82, 2.24) is 9.55 Å². The number of nitrogens with zero attached hydrogens (tertiary/aromatic N) is 2. The van der Waals surface area contributed by atoms with E-state index < -0.39 is 0 Å². The molecule has 0 saturated carbocycles. The Labute approximate surface area is 118 Å².